The first-order chi connectivity index (χ1) is 5.63. The fourth-order valence-electron chi connectivity index (χ4n) is 0.716. The van der Waals surface area contributed by atoms with Crippen LogP contribution in [0, 0.1) is 0 Å². The lowest BCUT2D eigenvalue weighted by molar-refractivity contribution is -0.114. The standard InChI is InChI=1S/C9H14N2O/c1-3-7(2)8(9(11)12)5-4-6-10/h4-6H,2-3,10H2,1H3,(H2,11,12)/b6-4-,8-5+. The Labute approximate surface area is 72.4 Å². The zero-order valence-electron chi connectivity index (χ0n) is 7.21. The molecule has 0 radical (unpaired) electrons. The minimum absolute atomic E-state index is 0.430. The SMILES string of the molecule is C=C(CC)/C(=C\C=C/N)C(N)=O. The third-order valence-corrected chi connectivity index (χ3v) is 1.45. The summed E-state index contributed by atoms with van der Waals surface area (Å²) in [6, 6.07) is 0. The summed E-state index contributed by atoms with van der Waals surface area (Å²) < 4.78 is 0. The van der Waals surface area contributed by atoms with Gasteiger partial charge in [-0.1, -0.05) is 13.5 Å². The van der Waals surface area contributed by atoms with E-state index in [-0.39, 0.29) is 0 Å². The van der Waals surface area contributed by atoms with Crippen molar-refractivity contribution in [1.82, 2.24) is 0 Å². The molecule has 0 aromatic heterocycles. The van der Waals surface area contributed by atoms with Crippen LogP contribution in [0.15, 0.2) is 36.1 Å². The maximum Gasteiger partial charge on any atom is 0.248 e. The molecule has 0 fully saturated rings. The number of rotatable bonds is 4. The summed E-state index contributed by atoms with van der Waals surface area (Å²) in [6.45, 7) is 5.61. The molecule has 0 saturated carbocycles. The predicted molar refractivity (Wildman–Crippen MR) is 50.0 cm³/mol. The molecule has 12 heavy (non-hydrogen) atoms. The van der Waals surface area contributed by atoms with E-state index in [0.29, 0.717) is 12.0 Å². The lowest BCUT2D eigenvalue weighted by atomic mass is 10.0. The maximum atomic E-state index is 10.8. The zero-order valence-corrected chi connectivity index (χ0v) is 7.21. The number of carbonyl (C=O) groups is 1. The van der Waals surface area contributed by atoms with E-state index in [1.54, 1.807) is 12.2 Å². The second kappa shape index (κ2) is 5.18. The molecule has 3 nitrogen and oxygen atoms in total. The van der Waals surface area contributed by atoms with E-state index in [1.165, 1.54) is 6.20 Å². The summed E-state index contributed by atoms with van der Waals surface area (Å²) in [4.78, 5) is 10.8. The Morgan fingerprint density at radius 1 is 1.58 bits per heavy atom. The monoisotopic (exact) mass is 166 g/mol. The molecule has 0 aliphatic rings. The Kier molecular flexibility index (Phi) is 4.53. The van der Waals surface area contributed by atoms with Crippen molar-refractivity contribution >= 4 is 5.91 Å². The fraction of sp³-hybridized carbons (Fsp3) is 0.222. The highest BCUT2D eigenvalue weighted by Gasteiger charge is 2.05. The van der Waals surface area contributed by atoms with Crippen LogP contribution in [0.4, 0.5) is 0 Å². The summed E-state index contributed by atoms with van der Waals surface area (Å²) in [5, 5.41) is 0. The van der Waals surface area contributed by atoms with Crippen molar-refractivity contribution in [3.05, 3.63) is 36.1 Å². The maximum absolute atomic E-state index is 10.8. The van der Waals surface area contributed by atoms with E-state index >= 15 is 0 Å². The van der Waals surface area contributed by atoms with Crippen molar-refractivity contribution in [3.8, 4) is 0 Å². The Hall–Kier alpha value is -1.51. The van der Waals surface area contributed by atoms with Gasteiger partial charge in [0.2, 0.25) is 5.91 Å². The first-order valence-electron chi connectivity index (χ1n) is 3.70. The Morgan fingerprint density at radius 3 is 2.50 bits per heavy atom. The molecule has 0 spiro atoms. The number of carbonyl (C=O) groups excluding carboxylic acids is 1. The molecule has 66 valence electrons. The van der Waals surface area contributed by atoms with Crippen molar-refractivity contribution in [2.24, 2.45) is 11.5 Å². The van der Waals surface area contributed by atoms with Crippen molar-refractivity contribution < 1.29 is 4.79 Å². The van der Waals surface area contributed by atoms with Crippen molar-refractivity contribution in [1.29, 1.82) is 0 Å². The highest BCUT2D eigenvalue weighted by molar-refractivity contribution is 5.96. The van der Waals surface area contributed by atoms with E-state index < -0.39 is 5.91 Å². The highest BCUT2D eigenvalue weighted by Crippen LogP contribution is 2.10. The number of hydrogen-bond acceptors (Lipinski definition) is 2. The van der Waals surface area contributed by atoms with E-state index in [0.717, 1.165) is 5.57 Å². The summed E-state index contributed by atoms with van der Waals surface area (Å²) >= 11 is 0. The van der Waals surface area contributed by atoms with Crippen molar-refractivity contribution in [2.45, 2.75) is 13.3 Å². The smallest absolute Gasteiger partial charge is 0.248 e. The van der Waals surface area contributed by atoms with Crippen molar-refractivity contribution in [3.63, 3.8) is 0 Å². The zero-order chi connectivity index (χ0) is 9.56. The van der Waals surface area contributed by atoms with Gasteiger partial charge in [-0.2, -0.15) is 0 Å². The van der Waals surface area contributed by atoms with Crippen LogP contribution < -0.4 is 11.5 Å². The molecule has 0 saturated heterocycles. The highest BCUT2D eigenvalue weighted by atomic mass is 16.1. The Morgan fingerprint density at radius 2 is 2.17 bits per heavy atom. The molecule has 0 aromatic rings. The number of allylic oxidation sites excluding steroid dienone is 2. The number of primary amides is 1. The third-order valence-electron chi connectivity index (χ3n) is 1.45. The molecule has 0 aromatic carbocycles. The lowest BCUT2D eigenvalue weighted by Gasteiger charge is -2.02. The summed E-state index contributed by atoms with van der Waals surface area (Å²) in [5.41, 5.74) is 11.4. The van der Waals surface area contributed by atoms with Crippen LogP contribution in [0.1, 0.15) is 13.3 Å². The second-order valence-electron chi connectivity index (χ2n) is 2.29. The van der Waals surface area contributed by atoms with Crippen LogP contribution in [0.3, 0.4) is 0 Å². The number of nitrogens with two attached hydrogens (primary N) is 2. The minimum atomic E-state index is -0.472. The van der Waals surface area contributed by atoms with Gasteiger partial charge in [-0.3, -0.25) is 4.79 Å². The molecule has 0 aliphatic heterocycles. The van der Waals surface area contributed by atoms with Gasteiger partial charge in [0.15, 0.2) is 0 Å². The van der Waals surface area contributed by atoms with Gasteiger partial charge >= 0.3 is 0 Å². The minimum Gasteiger partial charge on any atom is -0.405 e. The van der Waals surface area contributed by atoms with E-state index in [9.17, 15) is 4.79 Å². The molecular formula is C9H14N2O. The lowest BCUT2D eigenvalue weighted by Crippen LogP contribution is -2.14. The molecule has 3 heteroatoms. The molecule has 0 bridgehead atoms. The first-order valence-corrected chi connectivity index (χ1v) is 3.70. The van der Waals surface area contributed by atoms with Crippen molar-refractivity contribution in [2.75, 3.05) is 0 Å². The molecule has 0 aliphatic carbocycles. The van der Waals surface area contributed by atoms with E-state index in [2.05, 4.69) is 6.58 Å². The molecule has 0 heterocycles. The van der Waals surface area contributed by atoms with Gasteiger partial charge in [0.25, 0.3) is 0 Å². The normalized spacial score (nSPS) is 11.9. The molecule has 0 atom stereocenters. The molecule has 0 rings (SSSR count). The van der Waals surface area contributed by atoms with Gasteiger partial charge < -0.3 is 11.5 Å². The second-order valence-corrected chi connectivity index (χ2v) is 2.29. The number of hydrogen-bond donors (Lipinski definition) is 2. The summed E-state index contributed by atoms with van der Waals surface area (Å²) in [5.74, 6) is -0.472. The van der Waals surface area contributed by atoms with E-state index in [4.69, 9.17) is 11.5 Å². The van der Waals surface area contributed by atoms with Gasteiger partial charge in [0.05, 0.1) is 0 Å². The van der Waals surface area contributed by atoms with Crippen LogP contribution in [0.25, 0.3) is 0 Å². The van der Waals surface area contributed by atoms with Gasteiger partial charge in [-0.05, 0) is 30.3 Å². The van der Waals surface area contributed by atoms with E-state index in [1.807, 2.05) is 6.92 Å². The quantitative estimate of drug-likeness (QED) is 0.480. The summed E-state index contributed by atoms with van der Waals surface area (Å²) in [7, 11) is 0. The topological polar surface area (TPSA) is 69.1 Å². The summed E-state index contributed by atoms with van der Waals surface area (Å²) in [6.07, 6.45) is 5.16. The Bertz CT molecular complexity index is 239. The fourth-order valence-corrected chi connectivity index (χ4v) is 0.716. The predicted octanol–water partition coefficient (Wildman–Crippen LogP) is 0.837. The average molecular weight is 166 g/mol. The Balaban J connectivity index is 4.66. The van der Waals surface area contributed by atoms with Crippen LogP contribution in [-0.4, -0.2) is 5.91 Å². The molecule has 4 N–H and O–H groups in total. The number of amides is 1. The van der Waals surface area contributed by atoms with Gasteiger partial charge in [-0.15, -0.1) is 0 Å². The third kappa shape index (κ3) is 3.05. The molecular weight excluding hydrogens is 152 g/mol. The van der Waals surface area contributed by atoms with Crippen LogP contribution in [-0.2, 0) is 4.79 Å². The van der Waals surface area contributed by atoms with Crippen LogP contribution in [0.2, 0.25) is 0 Å². The first kappa shape index (κ1) is 10.5. The molecule has 1 amide bonds. The van der Waals surface area contributed by atoms with Crippen LogP contribution in [0.5, 0.6) is 0 Å². The van der Waals surface area contributed by atoms with Crippen LogP contribution >= 0.6 is 0 Å². The molecule has 0 unspecified atom stereocenters. The van der Waals surface area contributed by atoms with Gasteiger partial charge in [0.1, 0.15) is 0 Å². The average Bonchev–Trinajstić information content (AvgIpc) is 2.04. The van der Waals surface area contributed by atoms with Gasteiger partial charge in [0, 0.05) is 5.57 Å². The largest absolute Gasteiger partial charge is 0.405 e. The van der Waals surface area contributed by atoms with Gasteiger partial charge in [-0.25, -0.2) is 0 Å².